The maximum atomic E-state index is 13.3. The molecule has 0 N–H and O–H groups in total. The van der Waals surface area contributed by atoms with E-state index < -0.39 is 10.0 Å². The molecule has 5 rings (SSSR count). The number of carbonyl (C=O) groups is 1. The van der Waals surface area contributed by atoms with Crippen LogP contribution in [0.4, 0.5) is 5.69 Å². The number of fused-ring (bicyclic) bond motifs is 2. The van der Waals surface area contributed by atoms with Gasteiger partial charge in [0.2, 0.25) is 5.91 Å². The van der Waals surface area contributed by atoms with E-state index in [1.807, 2.05) is 21.9 Å². The highest BCUT2D eigenvalue weighted by Gasteiger charge is 2.36. The first-order chi connectivity index (χ1) is 14.4. The minimum atomic E-state index is -3.62. The van der Waals surface area contributed by atoms with Crippen molar-refractivity contribution >= 4 is 27.5 Å². The molecule has 1 amide bonds. The van der Waals surface area contributed by atoms with Gasteiger partial charge in [-0.05, 0) is 56.4 Å². The lowest BCUT2D eigenvalue weighted by Gasteiger charge is -2.37. The van der Waals surface area contributed by atoms with Crippen molar-refractivity contribution in [3.05, 3.63) is 59.2 Å². The van der Waals surface area contributed by atoms with Crippen molar-refractivity contribution in [2.45, 2.75) is 37.5 Å². The van der Waals surface area contributed by atoms with Gasteiger partial charge in [0.15, 0.2) is 5.84 Å². The molecule has 7 heteroatoms. The van der Waals surface area contributed by atoms with Crippen LogP contribution in [-0.2, 0) is 21.2 Å². The summed E-state index contributed by atoms with van der Waals surface area (Å²) in [4.78, 5) is 17.6. The van der Waals surface area contributed by atoms with Gasteiger partial charge in [0.25, 0.3) is 10.0 Å². The normalized spacial score (nSPS) is 20.5. The average molecular weight is 424 g/mol. The van der Waals surface area contributed by atoms with E-state index in [2.05, 4.69) is 29.5 Å². The van der Waals surface area contributed by atoms with E-state index in [1.165, 1.54) is 11.1 Å². The maximum Gasteiger partial charge on any atom is 0.285 e. The fourth-order valence-electron chi connectivity index (χ4n) is 4.83. The van der Waals surface area contributed by atoms with Gasteiger partial charge in [-0.3, -0.25) is 4.79 Å². The lowest BCUT2D eigenvalue weighted by Crippen LogP contribution is -2.45. The fourth-order valence-corrected chi connectivity index (χ4v) is 6.06. The molecular formula is C23H25N3O3S. The van der Waals surface area contributed by atoms with E-state index in [0.717, 1.165) is 25.1 Å². The van der Waals surface area contributed by atoms with Crippen LogP contribution in [-0.4, -0.2) is 44.7 Å². The van der Waals surface area contributed by atoms with Crippen molar-refractivity contribution in [1.82, 2.24) is 4.90 Å². The topological polar surface area (TPSA) is 70.1 Å². The van der Waals surface area contributed by atoms with Gasteiger partial charge >= 0.3 is 0 Å². The molecule has 156 valence electrons. The predicted molar refractivity (Wildman–Crippen MR) is 116 cm³/mol. The summed E-state index contributed by atoms with van der Waals surface area (Å²) >= 11 is 0. The Morgan fingerprint density at radius 2 is 1.83 bits per heavy atom. The molecule has 2 aromatic rings. The van der Waals surface area contributed by atoms with Crippen LogP contribution in [0.2, 0.25) is 0 Å². The third-order valence-corrected chi connectivity index (χ3v) is 7.70. The number of likely N-dealkylation sites (tertiary alicyclic amines) is 1. The summed E-state index contributed by atoms with van der Waals surface area (Å²) in [7, 11) is -3.62. The lowest BCUT2D eigenvalue weighted by atomic mass is 9.92. The van der Waals surface area contributed by atoms with Crippen LogP contribution in [0.15, 0.2) is 51.8 Å². The Balaban J connectivity index is 1.31. The van der Waals surface area contributed by atoms with E-state index in [0.29, 0.717) is 37.3 Å². The molecule has 3 aliphatic heterocycles. The second-order valence-corrected chi connectivity index (χ2v) is 9.95. The summed E-state index contributed by atoms with van der Waals surface area (Å²) in [5.74, 6) is 0.679. The Kier molecular flexibility index (Phi) is 4.65. The number of aryl methyl sites for hydroxylation is 2. The van der Waals surface area contributed by atoms with Crippen LogP contribution in [0.25, 0.3) is 0 Å². The molecular weight excluding hydrogens is 398 g/mol. The standard InChI is InChI=1S/C23H25N3O3S/c1-16-8-9-20-18(15-16)5-4-12-26(20)23(27)17-10-13-25(14-11-17)22-19-6-2-3-7-21(19)30(28,29)24-22/h2-3,6-9,15,17H,4-5,10-14H2,1H3. The fraction of sp³-hybridized carbons (Fsp3) is 0.391. The van der Waals surface area contributed by atoms with Crippen LogP contribution in [0.3, 0.4) is 0 Å². The average Bonchev–Trinajstić information content (AvgIpc) is 3.04. The number of anilines is 1. The Bertz CT molecular complexity index is 1150. The first kappa shape index (κ1) is 19.3. The van der Waals surface area contributed by atoms with Gasteiger partial charge in [0.05, 0.1) is 0 Å². The van der Waals surface area contributed by atoms with Gasteiger partial charge < -0.3 is 9.80 Å². The molecule has 1 saturated heterocycles. The molecule has 3 aliphatic rings. The SMILES string of the molecule is Cc1ccc2c(c1)CCCN2C(=O)C1CCN(C2=NS(=O)(=O)c3ccccc32)CC1. The molecule has 0 spiro atoms. The highest BCUT2D eigenvalue weighted by molar-refractivity contribution is 7.90. The number of benzene rings is 2. The first-order valence-electron chi connectivity index (χ1n) is 10.5. The summed E-state index contributed by atoms with van der Waals surface area (Å²) in [6, 6.07) is 13.3. The molecule has 0 aliphatic carbocycles. The van der Waals surface area contributed by atoms with Crippen LogP contribution < -0.4 is 4.90 Å². The zero-order chi connectivity index (χ0) is 20.9. The van der Waals surface area contributed by atoms with Crippen LogP contribution in [0.5, 0.6) is 0 Å². The molecule has 6 nitrogen and oxygen atoms in total. The third kappa shape index (κ3) is 3.21. The highest BCUT2D eigenvalue weighted by atomic mass is 32.2. The van der Waals surface area contributed by atoms with Gasteiger partial charge in [0.1, 0.15) is 4.90 Å². The molecule has 1 fully saturated rings. The number of nitrogens with zero attached hydrogens (tertiary/aromatic N) is 3. The molecule has 0 unspecified atom stereocenters. The molecule has 0 aromatic heterocycles. The number of sulfonamides is 1. The number of hydrogen-bond donors (Lipinski definition) is 0. The van der Waals surface area contributed by atoms with Gasteiger partial charge in [-0.25, -0.2) is 0 Å². The zero-order valence-corrected chi connectivity index (χ0v) is 17.9. The zero-order valence-electron chi connectivity index (χ0n) is 17.0. The smallest absolute Gasteiger partial charge is 0.285 e. The molecule has 0 saturated carbocycles. The largest absolute Gasteiger partial charge is 0.355 e. The molecule has 0 radical (unpaired) electrons. The summed E-state index contributed by atoms with van der Waals surface area (Å²) in [5.41, 5.74) is 4.21. The molecule has 3 heterocycles. The summed E-state index contributed by atoms with van der Waals surface area (Å²) < 4.78 is 28.7. The van der Waals surface area contributed by atoms with Crippen molar-refractivity contribution < 1.29 is 13.2 Å². The summed E-state index contributed by atoms with van der Waals surface area (Å²) in [6.07, 6.45) is 3.43. The number of amides is 1. The summed E-state index contributed by atoms with van der Waals surface area (Å²) in [6.45, 7) is 4.12. The number of piperidine rings is 1. The number of carbonyl (C=O) groups excluding carboxylic acids is 1. The molecule has 0 atom stereocenters. The second-order valence-electron chi connectivity index (χ2n) is 8.37. The van der Waals surface area contributed by atoms with E-state index in [9.17, 15) is 13.2 Å². The Hall–Kier alpha value is -2.67. The lowest BCUT2D eigenvalue weighted by molar-refractivity contribution is -0.123. The minimum absolute atomic E-state index is 0.0395. The number of amidine groups is 1. The third-order valence-electron chi connectivity index (χ3n) is 6.38. The van der Waals surface area contributed by atoms with Crippen molar-refractivity contribution in [3.63, 3.8) is 0 Å². The quantitative estimate of drug-likeness (QED) is 0.707. The summed E-state index contributed by atoms with van der Waals surface area (Å²) in [5, 5.41) is 0. The van der Waals surface area contributed by atoms with Crippen LogP contribution in [0, 0.1) is 12.8 Å². The van der Waals surface area contributed by atoms with E-state index in [4.69, 9.17) is 0 Å². The predicted octanol–water partition coefficient (Wildman–Crippen LogP) is 3.14. The van der Waals surface area contributed by atoms with E-state index in [-0.39, 0.29) is 16.7 Å². The Morgan fingerprint density at radius 1 is 1.07 bits per heavy atom. The Morgan fingerprint density at radius 3 is 2.63 bits per heavy atom. The van der Waals surface area contributed by atoms with Crippen molar-refractivity contribution in [1.29, 1.82) is 0 Å². The molecule has 0 bridgehead atoms. The first-order valence-corrected chi connectivity index (χ1v) is 12.0. The minimum Gasteiger partial charge on any atom is -0.355 e. The van der Waals surface area contributed by atoms with E-state index in [1.54, 1.807) is 12.1 Å². The van der Waals surface area contributed by atoms with Gasteiger partial charge in [-0.1, -0.05) is 29.8 Å². The van der Waals surface area contributed by atoms with Gasteiger partial charge in [0, 0.05) is 36.8 Å². The van der Waals surface area contributed by atoms with Crippen molar-refractivity contribution in [2.75, 3.05) is 24.5 Å². The number of rotatable bonds is 1. The molecule has 30 heavy (non-hydrogen) atoms. The Labute approximate surface area is 177 Å². The second kappa shape index (κ2) is 7.23. The van der Waals surface area contributed by atoms with Gasteiger partial charge in [-0.2, -0.15) is 8.42 Å². The maximum absolute atomic E-state index is 13.3. The van der Waals surface area contributed by atoms with E-state index >= 15 is 0 Å². The molecule has 2 aromatic carbocycles. The van der Waals surface area contributed by atoms with Crippen LogP contribution in [0.1, 0.15) is 36.0 Å². The van der Waals surface area contributed by atoms with Crippen molar-refractivity contribution in [3.8, 4) is 0 Å². The highest BCUT2D eigenvalue weighted by Crippen LogP contribution is 2.33. The van der Waals surface area contributed by atoms with Crippen molar-refractivity contribution in [2.24, 2.45) is 10.3 Å². The monoisotopic (exact) mass is 423 g/mol. The van der Waals surface area contributed by atoms with Gasteiger partial charge in [-0.15, -0.1) is 4.40 Å². The number of hydrogen-bond acceptors (Lipinski definition) is 4. The van der Waals surface area contributed by atoms with Crippen LogP contribution >= 0.6 is 0 Å².